The summed E-state index contributed by atoms with van der Waals surface area (Å²) in [6, 6.07) is 1.61. The van der Waals surface area contributed by atoms with Crippen LogP contribution in [0.5, 0.6) is 5.75 Å². The molecule has 0 bridgehead atoms. The Bertz CT molecular complexity index is 518. The molecule has 18 heavy (non-hydrogen) atoms. The number of fused-ring (bicyclic) bond motifs is 1. The second-order valence-electron chi connectivity index (χ2n) is 3.82. The normalized spacial score (nSPS) is 17.4. The molecule has 2 rings (SSSR count). The molecule has 1 aliphatic rings. The number of halogens is 1. The maximum atomic E-state index is 13.4. The third-order valence-electron chi connectivity index (χ3n) is 2.57. The Morgan fingerprint density at radius 2 is 2.22 bits per heavy atom. The van der Waals surface area contributed by atoms with Crippen LogP contribution in [0.3, 0.4) is 0 Å². The molecule has 6 nitrogen and oxygen atoms in total. The van der Waals surface area contributed by atoms with Gasteiger partial charge in [0, 0.05) is 12.1 Å². The highest BCUT2D eigenvalue weighted by atomic mass is 19.1. The van der Waals surface area contributed by atoms with Crippen LogP contribution in [0.25, 0.3) is 0 Å². The van der Waals surface area contributed by atoms with Gasteiger partial charge in [-0.2, -0.15) is 0 Å². The number of methoxy groups -OCH3 is 1. The summed E-state index contributed by atoms with van der Waals surface area (Å²) in [6.45, 7) is 0. The number of ether oxygens (including phenoxy) is 1. The molecule has 1 unspecified atom stereocenters. The van der Waals surface area contributed by atoms with Crippen LogP contribution >= 0.6 is 0 Å². The lowest BCUT2D eigenvalue weighted by Gasteiger charge is -2.26. The highest BCUT2D eigenvalue weighted by Gasteiger charge is 2.28. The average molecular weight is 254 g/mol. The average Bonchev–Trinajstić information content (AvgIpc) is 2.29. The lowest BCUT2D eigenvalue weighted by Crippen LogP contribution is -2.40. The molecule has 1 atom stereocenters. The molecule has 0 saturated carbocycles. The molecule has 1 heterocycles. The van der Waals surface area contributed by atoms with Crippen LogP contribution < -0.4 is 15.4 Å². The van der Waals surface area contributed by atoms with Gasteiger partial charge in [0.2, 0.25) is 5.91 Å². The Kier molecular flexibility index (Phi) is 3.05. The SMILES string of the molecule is COc1cc2c(cc1F)NC(=O)C(CC(=O)O)N2. The van der Waals surface area contributed by atoms with Gasteiger partial charge in [-0.05, 0) is 0 Å². The molecule has 1 aliphatic heterocycles. The van der Waals surface area contributed by atoms with Crippen molar-refractivity contribution in [3.63, 3.8) is 0 Å². The van der Waals surface area contributed by atoms with Gasteiger partial charge in [0.25, 0.3) is 0 Å². The van der Waals surface area contributed by atoms with E-state index >= 15 is 0 Å². The summed E-state index contributed by atoms with van der Waals surface area (Å²) in [5.74, 6) is -2.18. The van der Waals surface area contributed by atoms with E-state index in [-0.39, 0.29) is 17.9 Å². The fourth-order valence-electron chi connectivity index (χ4n) is 1.72. The van der Waals surface area contributed by atoms with Crippen molar-refractivity contribution in [3.05, 3.63) is 17.9 Å². The van der Waals surface area contributed by atoms with Crippen molar-refractivity contribution in [2.45, 2.75) is 12.5 Å². The first-order valence-corrected chi connectivity index (χ1v) is 5.18. The van der Waals surface area contributed by atoms with Crippen LogP contribution in [0, 0.1) is 5.82 Å². The van der Waals surface area contributed by atoms with Crippen molar-refractivity contribution in [3.8, 4) is 5.75 Å². The third-order valence-corrected chi connectivity index (χ3v) is 2.57. The van der Waals surface area contributed by atoms with Gasteiger partial charge in [-0.15, -0.1) is 0 Å². The van der Waals surface area contributed by atoms with E-state index in [1.54, 1.807) is 0 Å². The van der Waals surface area contributed by atoms with E-state index in [4.69, 9.17) is 9.84 Å². The fourth-order valence-corrected chi connectivity index (χ4v) is 1.72. The number of carbonyl (C=O) groups is 2. The number of rotatable bonds is 3. The van der Waals surface area contributed by atoms with Crippen molar-refractivity contribution in [1.82, 2.24) is 0 Å². The maximum Gasteiger partial charge on any atom is 0.305 e. The van der Waals surface area contributed by atoms with Crippen LogP contribution in [0.1, 0.15) is 6.42 Å². The first-order chi connectivity index (χ1) is 8.51. The quantitative estimate of drug-likeness (QED) is 0.750. The van der Waals surface area contributed by atoms with Crippen LogP contribution in [-0.2, 0) is 9.59 Å². The molecule has 0 aromatic heterocycles. The molecular formula is C11H11FN2O4. The minimum Gasteiger partial charge on any atom is -0.494 e. The summed E-state index contributed by atoms with van der Waals surface area (Å²) in [5.41, 5.74) is 0.694. The molecule has 1 aromatic carbocycles. The summed E-state index contributed by atoms with van der Waals surface area (Å²) in [6.07, 6.45) is -0.356. The number of hydrogen-bond acceptors (Lipinski definition) is 4. The Morgan fingerprint density at radius 3 is 2.83 bits per heavy atom. The fraction of sp³-hybridized carbons (Fsp3) is 0.273. The summed E-state index contributed by atoms with van der Waals surface area (Å²) in [7, 11) is 1.32. The van der Waals surface area contributed by atoms with Crippen molar-refractivity contribution < 1.29 is 23.8 Å². The zero-order valence-electron chi connectivity index (χ0n) is 9.49. The van der Waals surface area contributed by atoms with E-state index in [0.29, 0.717) is 5.69 Å². The zero-order valence-corrected chi connectivity index (χ0v) is 9.49. The van der Waals surface area contributed by atoms with Crippen molar-refractivity contribution in [2.75, 3.05) is 17.7 Å². The van der Waals surface area contributed by atoms with E-state index in [1.165, 1.54) is 13.2 Å². The molecule has 3 N–H and O–H groups in total. The lowest BCUT2D eigenvalue weighted by molar-refractivity contribution is -0.138. The number of carbonyl (C=O) groups excluding carboxylic acids is 1. The van der Waals surface area contributed by atoms with Gasteiger partial charge in [-0.1, -0.05) is 0 Å². The van der Waals surface area contributed by atoms with E-state index in [9.17, 15) is 14.0 Å². The van der Waals surface area contributed by atoms with Gasteiger partial charge >= 0.3 is 5.97 Å². The molecule has 1 amide bonds. The molecule has 0 aliphatic carbocycles. The van der Waals surface area contributed by atoms with Gasteiger partial charge in [-0.25, -0.2) is 4.39 Å². The topological polar surface area (TPSA) is 87.7 Å². The molecule has 0 saturated heterocycles. The van der Waals surface area contributed by atoms with Gasteiger partial charge in [0.05, 0.1) is 24.9 Å². The van der Waals surface area contributed by atoms with Gasteiger partial charge in [0.15, 0.2) is 11.6 Å². The monoisotopic (exact) mass is 254 g/mol. The number of anilines is 2. The minimum atomic E-state index is -1.10. The van der Waals surface area contributed by atoms with Gasteiger partial charge in [0.1, 0.15) is 6.04 Å². The molecular weight excluding hydrogens is 243 g/mol. The number of carboxylic acid groups (broad SMARTS) is 1. The standard InChI is InChI=1S/C11H11FN2O4/c1-18-9-3-7-6(2-5(9)12)14-11(17)8(13-7)4-10(15)16/h2-3,8,13H,4H2,1H3,(H,14,17)(H,15,16). The molecule has 0 radical (unpaired) electrons. The van der Waals surface area contributed by atoms with E-state index in [1.807, 2.05) is 0 Å². The van der Waals surface area contributed by atoms with E-state index in [2.05, 4.69) is 10.6 Å². The number of benzene rings is 1. The molecule has 0 spiro atoms. The first-order valence-electron chi connectivity index (χ1n) is 5.18. The summed E-state index contributed by atoms with van der Waals surface area (Å²) in [4.78, 5) is 22.2. The number of carboxylic acids is 1. The second kappa shape index (κ2) is 4.52. The van der Waals surface area contributed by atoms with Gasteiger partial charge < -0.3 is 20.5 Å². The maximum absolute atomic E-state index is 13.4. The van der Waals surface area contributed by atoms with Crippen LogP contribution in [0.4, 0.5) is 15.8 Å². The van der Waals surface area contributed by atoms with Gasteiger partial charge in [-0.3, -0.25) is 9.59 Å². The largest absolute Gasteiger partial charge is 0.494 e. The highest BCUT2D eigenvalue weighted by molar-refractivity contribution is 6.04. The second-order valence-corrected chi connectivity index (χ2v) is 3.82. The lowest BCUT2D eigenvalue weighted by atomic mass is 10.1. The number of hydrogen-bond donors (Lipinski definition) is 3. The van der Waals surface area contributed by atoms with Crippen LogP contribution in [0.2, 0.25) is 0 Å². The summed E-state index contributed by atoms with van der Waals surface area (Å²) in [5, 5.41) is 13.9. The Labute approximate surface area is 102 Å². The molecule has 0 fully saturated rings. The summed E-state index contributed by atoms with van der Waals surface area (Å²) < 4.78 is 18.2. The number of nitrogens with one attached hydrogen (secondary N) is 2. The summed E-state index contributed by atoms with van der Waals surface area (Å²) >= 11 is 0. The van der Waals surface area contributed by atoms with Crippen molar-refractivity contribution in [2.24, 2.45) is 0 Å². The molecule has 96 valence electrons. The third kappa shape index (κ3) is 2.20. The smallest absolute Gasteiger partial charge is 0.305 e. The zero-order chi connectivity index (χ0) is 13.3. The number of aliphatic carboxylic acids is 1. The van der Waals surface area contributed by atoms with Crippen LogP contribution in [0.15, 0.2) is 12.1 Å². The highest BCUT2D eigenvalue weighted by Crippen LogP contribution is 2.33. The Morgan fingerprint density at radius 1 is 1.50 bits per heavy atom. The van der Waals surface area contributed by atoms with E-state index in [0.717, 1.165) is 6.07 Å². The predicted octanol–water partition coefficient (Wildman–Crippen LogP) is 1.04. The molecule has 7 heteroatoms. The Hall–Kier alpha value is -2.31. The minimum absolute atomic E-state index is 0.0199. The van der Waals surface area contributed by atoms with Crippen LogP contribution in [-0.4, -0.2) is 30.1 Å². The number of amides is 1. The van der Waals surface area contributed by atoms with Crippen molar-refractivity contribution in [1.29, 1.82) is 0 Å². The predicted molar refractivity (Wildman–Crippen MR) is 61.2 cm³/mol. The molecule has 1 aromatic rings. The van der Waals surface area contributed by atoms with E-state index < -0.39 is 23.7 Å². The first kappa shape index (κ1) is 12.2. The van der Waals surface area contributed by atoms with Crippen molar-refractivity contribution >= 4 is 23.3 Å². The Balaban J connectivity index is 2.32.